The van der Waals surface area contributed by atoms with Crippen LogP contribution in [-0.4, -0.2) is 24.5 Å². The summed E-state index contributed by atoms with van der Waals surface area (Å²) in [6.45, 7) is 0. The number of aromatic amines is 1. The Hall–Kier alpha value is -2.71. The fourth-order valence-corrected chi connectivity index (χ4v) is 2.93. The maximum atomic E-state index is 12.4. The number of hydrogen-bond donors (Lipinski definition) is 3. The van der Waals surface area contributed by atoms with Gasteiger partial charge in [0.1, 0.15) is 0 Å². The third-order valence-electron chi connectivity index (χ3n) is 3.30. The van der Waals surface area contributed by atoms with Crippen LogP contribution in [0.2, 0.25) is 0 Å². The van der Waals surface area contributed by atoms with Gasteiger partial charge in [0.2, 0.25) is 10.0 Å². The molecular weight excluding hydrogens is 316 g/mol. The number of carbonyl (C=O) groups is 1. The van der Waals surface area contributed by atoms with Crippen LogP contribution in [0.4, 0.5) is 5.69 Å². The lowest BCUT2D eigenvalue weighted by Crippen LogP contribution is -2.15. The highest BCUT2D eigenvalue weighted by atomic mass is 32.2. The Balaban J connectivity index is 1.79. The zero-order valence-electron chi connectivity index (χ0n) is 12.0. The molecule has 0 spiro atoms. The number of anilines is 1. The minimum Gasteiger partial charge on any atom is -0.322 e. The summed E-state index contributed by atoms with van der Waals surface area (Å²) in [5.74, 6) is -0.520. The van der Waals surface area contributed by atoms with Crippen molar-refractivity contribution in [2.24, 2.45) is 5.14 Å². The smallest absolute Gasteiger partial charge is 0.257 e. The number of fused-ring (bicyclic) bond motifs is 1. The average molecular weight is 330 g/mol. The molecule has 23 heavy (non-hydrogen) atoms. The average Bonchev–Trinajstić information content (AvgIpc) is 2.96. The normalized spacial score (nSPS) is 11.5. The molecule has 0 saturated carbocycles. The van der Waals surface area contributed by atoms with E-state index in [1.807, 2.05) is 6.07 Å². The van der Waals surface area contributed by atoms with Crippen molar-refractivity contribution in [3.63, 3.8) is 0 Å². The van der Waals surface area contributed by atoms with Gasteiger partial charge < -0.3 is 5.32 Å². The second kappa shape index (κ2) is 5.82. The predicted octanol–water partition coefficient (Wildman–Crippen LogP) is 1.60. The molecule has 0 aliphatic heterocycles. The van der Waals surface area contributed by atoms with E-state index in [9.17, 15) is 13.2 Å². The molecule has 0 radical (unpaired) electrons. The highest BCUT2D eigenvalue weighted by molar-refractivity contribution is 7.88. The number of amides is 1. The van der Waals surface area contributed by atoms with Crippen LogP contribution in [0.25, 0.3) is 10.9 Å². The summed E-state index contributed by atoms with van der Waals surface area (Å²) in [5.41, 5.74) is 2.26. The van der Waals surface area contributed by atoms with Gasteiger partial charge in [-0.05, 0) is 23.8 Å². The second-order valence-electron chi connectivity index (χ2n) is 5.10. The van der Waals surface area contributed by atoms with Crippen LogP contribution in [0.1, 0.15) is 15.9 Å². The number of sulfonamides is 1. The number of benzene rings is 2. The van der Waals surface area contributed by atoms with Crippen LogP contribution in [-0.2, 0) is 15.8 Å². The summed E-state index contributed by atoms with van der Waals surface area (Å²) in [6.07, 6.45) is 1.65. The van der Waals surface area contributed by atoms with E-state index in [-0.39, 0.29) is 11.7 Å². The van der Waals surface area contributed by atoms with Crippen LogP contribution in [0.5, 0.6) is 0 Å². The predicted molar refractivity (Wildman–Crippen MR) is 87.3 cm³/mol. The van der Waals surface area contributed by atoms with Crippen molar-refractivity contribution in [1.82, 2.24) is 10.2 Å². The van der Waals surface area contributed by atoms with E-state index >= 15 is 0 Å². The molecule has 0 bridgehead atoms. The van der Waals surface area contributed by atoms with Gasteiger partial charge >= 0.3 is 0 Å². The summed E-state index contributed by atoms with van der Waals surface area (Å²) in [5, 5.41) is 15.3. The molecule has 3 rings (SSSR count). The van der Waals surface area contributed by atoms with Gasteiger partial charge in [-0.2, -0.15) is 5.10 Å². The second-order valence-corrected chi connectivity index (χ2v) is 6.71. The molecule has 8 heteroatoms. The molecule has 1 amide bonds. The van der Waals surface area contributed by atoms with Crippen LogP contribution >= 0.6 is 0 Å². The number of carbonyl (C=O) groups excluding carboxylic acids is 1. The highest BCUT2D eigenvalue weighted by Gasteiger charge is 2.12. The first-order valence-electron chi connectivity index (χ1n) is 6.75. The Morgan fingerprint density at radius 1 is 1.17 bits per heavy atom. The first-order valence-corrected chi connectivity index (χ1v) is 8.47. The van der Waals surface area contributed by atoms with Crippen molar-refractivity contribution in [3.05, 3.63) is 59.8 Å². The number of aromatic nitrogens is 2. The molecule has 0 fully saturated rings. The third-order valence-corrected chi connectivity index (χ3v) is 4.04. The van der Waals surface area contributed by atoms with Gasteiger partial charge in [0.05, 0.1) is 23.0 Å². The Kier molecular flexibility index (Phi) is 3.85. The zero-order valence-corrected chi connectivity index (χ0v) is 12.8. The van der Waals surface area contributed by atoms with Crippen LogP contribution in [0, 0.1) is 0 Å². The first-order chi connectivity index (χ1) is 10.9. The Morgan fingerprint density at radius 3 is 2.61 bits per heavy atom. The highest BCUT2D eigenvalue weighted by Crippen LogP contribution is 2.18. The third kappa shape index (κ3) is 3.55. The molecule has 3 aromatic rings. The summed E-state index contributed by atoms with van der Waals surface area (Å²) in [4.78, 5) is 12.4. The van der Waals surface area contributed by atoms with E-state index in [4.69, 9.17) is 5.14 Å². The lowest BCUT2D eigenvalue weighted by atomic mass is 10.1. The standard InChI is InChI=1S/C15H14N4O3S/c16-23(21,22)9-10-4-6-12(7-5-10)18-15(20)13-3-1-2-11-8-17-19-14(11)13/h1-8H,9H2,(H,17,19)(H,18,20)(H2,16,21,22). The summed E-state index contributed by atoms with van der Waals surface area (Å²) in [7, 11) is -3.57. The Labute approximate surface area is 132 Å². The molecule has 0 aliphatic carbocycles. The number of H-pyrrole nitrogens is 1. The summed E-state index contributed by atoms with van der Waals surface area (Å²) in [6, 6.07) is 11.8. The van der Waals surface area contributed by atoms with E-state index < -0.39 is 10.0 Å². The molecule has 1 aromatic heterocycles. The van der Waals surface area contributed by atoms with E-state index in [1.165, 1.54) is 0 Å². The fraction of sp³-hybridized carbons (Fsp3) is 0.0667. The molecule has 2 aromatic carbocycles. The molecule has 4 N–H and O–H groups in total. The summed E-state index contributed by atoms with van der Waals surface area (Å²) >= 11 is 0. The quantitative estimate of drug-likeness (QED) is 0.673. The molecule has 7 nitrogen and oxygen atoms in total. The van der Waals surface area contributed by atoms with Crippen LogP contribution in [0.15, 0.2) is 48.7 Å². The minimum absolute atomic E-state index is 0.241. The number of para-hydroxylation sites is 1. The van der Waals surface area contributed by atoms with Crippen LogP contribution in [0.3, 0.4) is 0 Å². The summed E-state index contributed by atoms with van der Waals surface area (Å²) < 4.78 is 22.1. The van der Waals surface area contributed by atoms with Gasteiger partial charge in [-0.25, -0.2) is 13.6 Å². The molecule has 0 saturated heterocycles. The first kappa shape index (κ1) is 15.2. The van der Waals surface area contributed by atoms with E-state index in [2.05, 4.69) is 15.5 Å². The number of primary sulfonamides is 1. The van der Waals surface area contributed by atoms with Crippen LogP contribution < -0.4 is 10.5 Å². The van der Waals surface area contributed by atoms with Gasteiger partial charge in [-0.1, -0.05) is 24.3 Å². The van der Waals surface area contributed by atoms with Crippen molar-refractivity contribution in [1.29, 1.82) is 0 Å². The van der Waals surface area contributed by atoms with Crippen molar-refractivity contribution < 1.29 is 13.2 Å². The molecule has 118 valence electrons. The van der Waals surface area contributed by atoms with Crippen molar-refractivity contribution in [2.75, 3.05) is 5.32 Å². The Morgan fingerprint density at radius 2 is 1.91 bits per heavy atom. The number of nitrogens with zero attached hydrogens (tertiary/aromatic N) is 1. The maximum Gasteiger partial charge on any atom is 0.257 e. The van der Waals surface area contributed by atoms with Gasteiger partial charge in [0.15, 0.2) is 0 Å². The number of hydrogen-bond acceptors (Lipinski definition) is 4. The lowest BCUT2D eigenvalue weighted by molar-refractivity contribution is 0.102. The van der Waals surface area contributed by atoms with Gasteiger partial charge in [0, 0.05) is 11.1 Å². The zero-order chi connectivity index (χ0) is 16.4. The molecule has 0 unspecified atom stereocenters. The minimum atomic E-state index is -3.57. The molecular formula is C15H14N4O3S. The monoisotopic (exact) mass is 330 g/mol. The van der Waals surface area contributed by atoms with E-state index in [1.54, 1.807) is 42.6 Å². The van der Waals surface area contributed by atoms with Crippen molar-refractivity contribution >= 4 is 32.5 Å². The fourth-order valence-electron chi connectivity index (χ4n) is 2.27. The molecule has 0 atom stereocenters. The van der Waals surface area contributed by atoms with Gasteiger partial charge in [-0.3, -0.25) is 9.89 Å². The maximum absolute atomic E-state index is 12.4. The largest absolute Gasteiger partial charge is 0.322 e. The lowest BCUT2D eigenvalue weighted by Gasteiger charge is -2.07. The van der Waals surface area contributed by atoms with Gasteiger partial charge in [-0.15, -0.1) is 0 Å². The number of nitrogens with one attached hydrogen (secondary N) is 2. The number of rotatable bonds is 4. The Bertz CT molecular complexity index is 962. The van der Waals surface area contributed by atoms with Gasteiger partial charge in [0.25, 0.3) is 5.91 Å². The molecule has 1 heterocycles. The number of nitrogens with two attached hydrogens (primary N) is 1. The molecule has 0 aliphatic rings. The van der Waals surface area contributed by atoms with E-state index in [0.29, 0.717) is 22.3 Å². The van der Waals surface area contributed by atoms with E-state index in [0.717, 1.165) is 5.39 Å². The SMILES string of the molecule is NS(=O)(=O)Cc1ccc(NC(=O)c2cccc3cn[nH]c23)cc1. The van der Waals surface area contributed by atoms with Crippen molar-refractivity contribution in [2.45, 2.75) is 5.75 Å². The topological polar surface area (TPSA) is 118 Å². The van der Waals surface area contributed by atoms with Crippen molar-refractivity contribution in [3.8, 4) is 0 Å².